The van der Waals surface area contributed by atoms with Crippen molar-refractivity contribution in [2.24, 2.45) is 0 Å². The standard InChI is InChI=1S/C25H28N2O4/c1-15-10-11-18(14-19(15)31-4)26-24(30)25(12-6-5-7-13-25)27-22(28)20-16(2)8-9-17(3)21(20)23(27)29/h8-11,14H,5-7,12-13H2,1-4H3,(H,26,30). The van der Waals surface area contributed by atoms with Gasteiger partial charge in [-0.3, -0.25) is 19.3 Å². The van der Waals surface area contributed by atoms with Crippen LogP contribution in [0.3, 0.4) is 0 Å². The topological polar surface area (TPSA) is 75.7 Å². The predicted octanol–water partition coefficient (Wildman–Crippen LogP) is 4.56. The summed E-state index contributed by atoms with van der Waals surface area (Å²) in [4.78, 5) is 41.9. The van der Waals surface area contributed by atoms with Crippen molar-refractivity contribution in [3.05, 3.63) is 58.1 Å². The van der Waals surface area contributed by atoms with Crippen molar-refractivity contribution in [1.82, 2.24) is 4.90 Å². The molecule has 0 aromatic heterocycles. The molecule has 0 saturated heterocycles. The van der Waals surface area contributed by atoms with Gasteiger partial charge in [-0.25, -0.2) is 0 Å². The summed E-state index contributed by atoms with van der Waals surface area (Å²) in [6.07, 6.45) is 3.48. The summed E-state index contributed by atoms with van der Waals surface area (Å²) in [7, 11) is 1.58. The number of imide groups is 1. The van der Waals surface area contributed by atoms with Gasteiger partial charge in [-0.2, -0.15) is 0 Å². The van der Waals surface area contributed by atoms with E-state index in [0.29, 0.717) is 35.4 Å². The van der Waals surface area contributed by atoms with E-state index in [-0.39, 0.29) is 17.7 Å². The Morgan fingerprint density at radius 3 is 2.00 bits per heavy atom. The van der Waals surface area contributed by atoms with Crippen molar-refractivity contribution in [2.45, 2.75) is 58.4 Å². The summed E-state index contributed by atoms with van der Waals surface area (Å²) in [5, 5.41) is 2.96. The first kappa shape index (κ1) is 21.1. The summed E-state index contributed by atoms with van der Waals surface area (Å²) in [6, 6.07) is 9.16. The Labute approximate surface area is 182 Å². The second-order valence-electron chi connectivity index (χ2n) is 8.63. The number of anilines is 1. The van der Waals surface area contributed by atoms with Gasteiger partial charge in [-0.1, -0.05) is 37.5 Å². The Bertz CT molecular complexity index is 1040. The quantitative estimate of drug-likeness (QED) is 0.736. The van der Waals surface area contributed by atoms with Gasteiger partial charge in [-0.15, -0.1) is 0 Å². The molecule has 1 heterocycles. The molecule has 162 valence electrons. The van der Waals surface area contributed by atoms with Gasteiger partial charge in [0.1, 0.15) is 11.3 Å². The highest BCUT2D eigenvalue weighted by Crippen LogP contribution is 2.41. The van der Waals surface area contributed by atoms with Crippen LogP contribution >= 0.6 is 0 Å². The van der Waals surface area contributed by atoms with Gasteiger partial charge in [0.2, 0.25) is 0 Å². The second-order valence-corrected chi connectivity index (χ2v) is 8.63. The molecule has 2 aromatic carbocycles. The molecule has 0 atom stereocenters. The van der Waals surface area contributed by atoms with Crippen LogP contribution in [0.5, 0.6) is 5.75 Å². The van der Waals surface area contributed by atoms with Crippen LogP contribution in [0.15, 0.2) is 30.3 Å². The first-order valence-electron chi connectivity index (χ1n) is 10.8. The maximum atomic E-state index is 13.7. The molecule has 0 unspecified atom stereocenters. The average molecular weight is 421 g/mol. The third-order valence-electron chi connectivity index (χ3n) is 6.65. The lowest BCUT2D eigenvalue weighted by atomic mass is 9.79. The molecule has 6 nitrogen and oxygen atoms in total. The van der Waals surface area contributed by atoms with Crippen LogP contribution in [0.4, 0.5) is 5.69 Å². The van der Waals surface area contributed by atoms with E-state index in [1.165, 1.54) is 4.90 Å². The minimum absolute atomic E-state index is 0.317. The molecule has 0 spiro atoms. The second kappa shape index (κ2) is 7.84. The van der Waals surface area contributed by atoms with Gasteiger partial charge in [-0.05, 0) is 56.4 Å². The van der Waals surface area contributed by atoms with E-state index in [1.54, 1.807) is 13.2 Å². The maximum Gasteiger partial charge on any atom is 0.262 e. The van der Waals surface area contributed by atoms with Crippen molar-refractivity contribution in [3.8, 4) is 5.75 Å². The van der Waals surface area contributed by atoms with Crippen LogP contribution in [-0.2, 0) is 4.79 Å². The SMILES string of the molecule is COc1cc(NC(=O)C2(N3C(=O)c4c(C)ccc(C)c4C3=O)CCCCC2)ccc1C. The third kappa shape index (κ3) is 3.30. The number of fused-ring (bicyclic) bond motifs is 1. The molecular formula is C25H28N2O4. The first-order chi connectivity index (χ1) is 14.8. The zero-order valence-electron chi connectivity index (χ0n) is 18.5. The smallest absolute Gasteiger partial charge is 0.262 e. The maximum absolute atomic E-state index is 13.7. The highest BCUT2D eigenvalue weighted by molar-refractivity contribution is 6.25. The Hall–Kier alpha value is -3.15. The number of carbonyl (C=O) groups excluding carboxylic acids is 3. The predicted molar refractivity (Wildman–Crippen MR) is 119 cm³/mol. The van der Waals surface area contributed by atoms with Crippen LogP contribution in [0.25, 0.3) is 0 Å². The third-order valence-corrected chi connectivity index (χ3v) is 6.65. The fourth-order valence-electron chi connectivity index (χ4n) is 4.90. The van der Waals surface area contributed by atoms with Crippen molar-refractivity contribution in [1.29, 1.82) is 0 Å². The van der Waals surface area contributed by atoms with Gasteiger partial charge in [0.25, 0.3) is 17.7 Å². The van der Waals surface area contributed by atoms with Crippen LogP contribution in [0.1, 0.15) is 69.5 Å². The number of ether oxygens (including phenoxy) is 1. The number of carbonyl (C=O) groups is 3. The lowest BCUT2D eigenvalue weighted by Crippen LogP contribution is -2.60. The lowest BCUT2D eigenvalue weighted by molar-refractivity contribution is -0.127. The van der Waals surface area contributed by atoms with E-state index < -0.39 is 5.54 Å². The molecule has 6 heteroatoms. The van der Waals surface area contributed by atoms with Crippen LogP contribution in [0.2, 0.25) is 0 Å². The monoisotopic (exact) mass is 420 g/mol. The number of methoxy groups -OCH3 is 1. The molecule has 0 bridgehead atoms. The Morgan fingerprint density at radius 2 is 1.45 bits per heavy atom. The van der Waals surface area contributed by atoms with E-state index in [1.807, 2.05) is 45.0 Å². The Morgan fingerprint density at radius 1 is 0.903 bits per heavy atom. The first-order valence-corrected chi connectivity index (χ1v) is 10.8. The molecule has 1 aliphatic heterocycles. The van der Waals surface area contributed by atoms with Crippen molar-refractivity contribution in [2.75, 3.05) is 12.4 Å². The van der Waals surface area contributed by atoms with E-state index >= 15 is 0 Å². The summed E-state index contributed by atoms with van der Waals surface area (Å²) in [5.74, 6) is -0.370. The molecule has 3 amide bonds. The fourth-order valence-corrected chi connectivity index (χ4v) is 4.90. The van der Waals surface area contributed by atoms with E-state index in [9.17, 15) is 14.4 Å². The van der Waals surface area contributed by atoms with E-state index in [0.717, 1.165) is 36.0 Å². The number of aryl methyl sites for hydroxylation is 3. The average Bonchev–Trinajstić information content (AvgIpc) is 3.04. The summed E-state index contributed by atoms with van der Waals surface area (Å²) in [6.45, 7) is 5.59. The van der Waals surface area contributed by atoms with Gasteiger partial charge in [0, 0.05) is 11.8 Å². The molecule has 1 fully saturated rings. The summed E-state index contributed by atoms with van der Waals surface area (Å²) >= 11 is 0. The molecule has 0 radical (unpaired) electrons. The number of nitrogens with zero attached hydrogens (tertiary/aromatic N) is 1. The molecule has 1 N–H and O–H groups in total. The lowest BCUT2D eigenvalue weighted by Gasteiger charge is -2.41. The van der Waals surface area contributed by atoms with Gasteiger partial charge < -0.3 is 10.1 Å². The molecular weight excluding hydrogens is 392 g/mol. The van der Waals surface area contributed by atoms with E-state index in [4.69, 9.17) is 4.74 Å². The van der Waals surface area contributed by atoms with Gasteiger partial charge >= 0.3 is 0 Å². The van der Waals surface area contributed by atoms with Crippen LogP contribution in [-0.4, -0.2) is 35.3 Å². The minimum Gasteiger partial charge on any atom is -0.496 e. The number of nitrogens with one attached hydrogen (secondary N) is 1. The van der Waals surface area contributed by atoms with E-state index in [2.05, 4.69) is 5.32 Å². The minimum atomic E-state index is -1.19. The largest absolute Gasteiger partial charge is 0.496 e. The highest BCUT2D eigenvalue weighted by atomic mass is 16.5. The fraction of sp³-hybridized carbons (Fsp3) is 0.400. The molecule has 2 aromatic rings. The zero-order chi connectivity index (χ0) is 22.3. The number of hydrogen-bond acceptors (Lipinski definition) is 4. The number of hydrogen-bond donors (Lipinski definition) is 1. The Kier molecular flexibility index (Phi) is 5.33. The summed E-state index contributed by atoms with van der Waals surface area (Å²) < 4.78 is 5.37. The Balaban J connectivity index is 1.75. The normalized spacial score (nSPS) is 17.5. The molecule has 31 heavy (non-hydrogen) atoms. The highest BCUT2D eigenvalue weighted by Gasteiger charge is 2.54. The van der Waals surface area contributed by atoms with Crippen molar-refractivity contribution < 1.29 is 19.1 Å². The molecule has 1 saturated carbocycles. The zero-order valence-corrected chi connectivity index (χ0v) is 18.5. The summed E-state index contributed by atoms with van der Waals surface area (Å²) in [5.41, 5.74) is 2.73. The molecule has 1 aliphatic carbocycles. The number of amides is 3. The van der Waals surface area contributed by atoms with Gasteiger partial charge in [0.15, 0.2) is 0 Å². The number of benzene rings is 2. The van der Waals surface area contributed by atoms with Crippen LogP contribution < -0.4 is 10.1 Å². The number of rotatable bonds is 4. The van der Waals surface area contributed by atoms with Crippen molar-refractivity contribution >= 4 is 23.4 Å². The van der Waals surface area contributed by atoms with Crippen molar-refractivity contribution in [3.63, 3.8) is 0 Å². The van der Waals surface area contributed by atoms with Crippen LogP contribution in [0, 0.1) is 20.8 Å². The van der Waals surface area contributed by atoms with Gasteiger partial charge in [0.05, 0.1) is 18.2 Å². The molecule has 2 aliphatic rings. The molecule has 4 rings (SSSR count).